The van der Waals surface area contributed by atoms with Crippen molar-refractivity contribution in [3.8, 4) is 0 Å². The summed E-state index contributed by atoms with van der Waals surface area (Å²) in [6.07, 6.45) is 1.16. The molecule has 0 N–H and O–H groups in total. The predicted molar refractivity (Wildman–Crippen MR) is 72.9 cm³/mol. The fourth-order valence-electron chi connectivity index (χ4n) is 2.66. The minimum atomic E-state index is -0.334. The van der Waals surface area contributed by atoms with Gasteiger partial charge >= 0.3 is 0 Å². The molecular formula is C14H17BrFNO. The lowest BCUT2D eigenvalue weighted by atomic mass is 9.91. The first-order valence-electron chi connectivity index (χ1n) is 6.21. The van der Waals surface area contributed by atoms with E-state index < -0.39 is 0 Å². The SMILES string of the molecule is CC1CC(C)CN(C(=O)c2ccc(F)cc2Br)C1. The van der Waals surface area contributed by atoms with E-state index in [1.54, 1.807) is 6.07 Å². The van der Waals surface area contributed by atoms with Gasteiger partial charge in [0.2, 0.25) is 0 Å². The number of piperidine rings is 1. The summed E-state index contributed by atoms with van der Waals surface area (Å²) in [5, 5.41) is 0. The molecule has 1 amide bonds. The summed E-state index contributed by atoms with van der Waals surface area (Å²) in [4.78, 5) is 14.3. The Morgan fingerprint density at radius 1 is 1.33 bits per heavy atom. The van der Waals surface area contributed by atoms with E-state index in [0.29, 0.717) is 21.9 Å². The van der Waals surface area contributed by atoms with Crippen molar-refractivity contribution in [2.75, 3.05) is 13.1 Å². The van der Waals surface area contributed by atoms with E-state index in [2.05, 4.69) is 29.8 Å². The molecule has 2 unspecified atom stereocenters. The Kier molecular flexibility index (Phi) is 4.05. The van der Waals surface area contributed by atoms with Crippen LogP contribution in [-0.2, 0) is 0 Å². The first-order chi connectivity index (χ1) is 8.47. The zero-order chi connectivity index (χ0) is 13.3. The van der Waals surface area contributed by atoms with Crippen molar-refractivity contribution in [1.29, 1.82) is 0 Å². The second-order valence-corrected chi connectivity index (χ2v) is 6.13. The predicted octanol–water partition coefficient (Wildman–Crippen LogP) is 3.71. The molecule has 1 fully saturated rings. The van der Waals surface area contributed by atoms with E-state index in [-0.39, 0.29) is 11.7 Å². The molecule has 18 heavy (non-hydrogen) atoms. The summed E-state index contributed by atoms with van der Waals surface area (Å²) in [5.41, 5.74) is 0.540. The van der Waals surface area contributed by atoms with Gasteiger partial charge in [0, 0.05) is 17.6 Å². The Balaban J connectivity index is 2.20. The maximum atomic E-state index is 13.0. The Labute approximate surface area is 115 Å². The molecule has 2 rings (SSSR count). The van der Waals surface area contributed by atoms with Crippen LogP contribution < -0.4 is 0 Å². The fourth-order valence-corrected chi connectivity index (χ4v) is 3.18. The molecule has 0 aromatic heterocycles. The maximum absolute atomic E-state index is 13.0. The van der Waals surface area contributed by atoms with Gasteiger partial charge in [0.15, 0.2) is 0 Å². The number of carbonyl (C=O) groups excluding carboxylic acids is 1. The lowest BCUT2D eigenvalue weighted by Crippen LogP contribution is -2.42. The molecular weight excluding hydrogens is 297 g/mol. The van der Waals surface area contributed by atoms with Crippen molar-refractivity contribution < 1.29 is 9.18 Å². The molecule has 1 aromatic rings. The molecule has 0 aliphatic carbocycles. The topological polar surface area (TPSA) is 20.3 Å². The Morgan fingerprint density at radius 3 is 2.50 bits per heavy atom. The molecule has 1 aromatic carbocycles. The normalized spacial score (nSPS) is 24.1. The van der Waals surface area contributed by atoms with Gasteiger partial charge in [-0.1, -0.05) is 13.8 Å². The molecule has 1 aliphatic heterocycles. The Morgan fingerprint density at radius 2 is 1.94 bits per heavy atom. The summed E-state index contributed by atoms with van der Waals surface area (Å²) in [6, 6.07) is 4.21. The van der Waals surface area contributed by atoms with Crippen molar-refractivity contribution in [2.45, 2.75) is 20.3 Å². The van der Waals surface area contributed by atoms with Crippen LogP contribution in [0, 0.1) is 17.7 Å². The lowest BCUT2D eigenvalue weighted by Gasteiger charge is -2.35. The summed E-state index contributed by atoms with van der Waals surface area (Å²) in [5.74, 6) is 0.702. The fraction of sp³-hybridized carbons (Fsp3) is 0.500. The first-order valence-corrected chi connectivity index (χ1v) is 7.01. The largest absolute Gasteiger partial charge is 0.338 e. The van der Waals surface area contributed by atoms with Crippen molar-refractivity contribution in [3.63, 3.8) is 0 Å². The van der Waals surface area contributed by atoms with Gasteiger partial charge in [-0.3, -0.25) is 4.79 Å². The highest BCUT2D eigenvalue weighted by atomic mass is 79.9. The Bertz CT molecular complexity index is 453. The second-order valence-electron chi connectivity index (χ2n) is 5.28. The third kappa shape index (κ3) is 2.91. The molecule has 1 heterocycles. The number of benzene rings is 1. The van der Waals surface area contributed by atoms with Gasteiger partial charge in [-0.15, -0.1) is 0 Å². The second kappa shape index (κ2) is 5.39. The van der Waals surface area contributed by atoms with Gasteiger partial charge in [0.25, 0.3) is 5.91 Å². The van der Waals surface area contributed by atoms with Gasteiger partial charge < -0.3 is 4.90 Å². The molecule has 1 saturated heterocycles. The number of amides is 1. The Hall–Kier alpha value is -0.900. The molecule has 1 aliphatic rings. The average molecular weight is 314 g/mol. The van der Waals surface area contributed by atoms with Crippen LogP contribution in [0.1, 0.15) is 30.6 Å². The third-order valence-corrected chi connectivity index (χ3v) is 3.97. The van der Waals surface area contributed by atoms with Gasteiger partial charge in [0.1, 0.15) is 5.82 Å². The first kappa shape index (κ1) is 13.5. The van der Waals surface area contributed by atoms with Crippen molar-refractivity contribution in [1.82, 2.24) is 4.90 Å². The van der Waals surface area contributed by atoms with Crippen molar-refractivity contribution in [3.05, 3.63) is 34.1 Å². The van der Waals surface area contributed by atoms with Crippen LogP contribution in [-0.4, -0.2) is 23.9 Å². The minimum Gasteiger partial charge on any atom is -0.338 e. The molecule has 0 radical (unpaired) electrons. The van der Waals surface area contributed by atoms with Crippen LogP contribution in [0.15, 0.2) is 22.7 Å². The van der Waals surface area contributed by atoms with E-state index in [4.69, 9.17) is 0 Å². The molecule has 2 atom stereocenters. The molecule has 98 valence electrons. The quantitative estimate of drug-likeness (QED) is 0.774. The van der Waals surface area contributed by atoms with E-state index in [9.17, 15) is 9.18 Å². The van der Waals surface area contributed by atoms with E-state index in [1.807, 2.05) is 4.90 Å². The van der Waals surface area contributed by atoms with Crippen molar-refractivity contribution >= 4 is 21.8 Å². The van der Waals surface area contributed by atoms with Crippen LogP contribution >= 0.6 is 15.9 Å². The lowest BCUT2D eigenvalue weighted by molar-refractivity contribution is 0.0622. The minimum absolute atomic E-state index is 0.0136. The molecule has 0 saturated carbocycles. The van der Waals surface area contributed by atoms with E-state index in [0.717, 1.165) is 19.5 Å². The van der Waals surface area contributed by atoms with Crippen LogP contribution in [0.5, 0.6) is 0 Å². The van der Waals surface area contributed by atoms with Crippen LogP contribution in [0.2, 0.25) is 0 Å². The number of carbonyl (C=O) groups is 1. The summed E-state index contributed by atoms with van der Waals surface area (Å²) in [6.45, 7) is 5.89. The van der Waals surface area contributed by atoms with Gasteiger partial charge in [-0.2, -0.15) is 0 Å². The highest BCUT2D eigenvalue weighted by molar-refractivity contribution is 9.10. The monoisotopic (exact) mass is 313 g/mol. The summed E-state index contributed by atoms with van der Waals surface area (Å²) < 4.78 is 13.5. The number of hydrogen-bond acceptors (Lipinski definition) is 1. The highest BCUT2D eigenvalue weighted by Gasteiger charge is 2.27. The van der Waals surface area contributed by atoms with Gasteiger partial charge in [0.05, 0.1) is 5.56 Å². The van der Waals surface area contributed by atoms with Crippen LogP contribution in [0.25, 0.3) is 0 Å². The summed E-state index contributed by atoms with van der Waals surface area (Å²) >= 11 is 3.26. The molecule has 0 bridgehead atoms. The summed E-state index contributed by atoms with van der Waals surface area (Å²) in [7, 11) is 0. The van der Waals surface area contributed by atoms with E-state index >= 15 is 0 Å². The zero-order valence-corrected chi connectivity index (χ0v) is 12.2. The van der Waals surface area contributed by atoms with Gasteiger partial charge in [-0.05, 0) is 52.4 Å². The van der Waals surface area contributed by atoms with Crippen molar-refractivity contribution in [2.24, 2.45) is 11.8 Å². The number of likely N-dealkylation sites (tertiary alicyclic amines) is 1. The van der Waals surface area contributed by atoms with Gasteiger partial charge in [-0.25, -0.2) is 4.39 Å². The van der Waals surface area contributed by atoms with Crippen LogP contribution in [0.4, 0.5) is 4.39 Å². The smallest absolute Gasteiger partial charge is 0.255 e. The molecule has 2 nitrogen and oxygen atoms in total. The number of hydrogen-bond donors (Lipinski definition) is 0. The highest BCUT2D eigenvalue weighted by Crippen LogP contribution is 2.25. The average Bonchev–Trinajstić information content (AvgIpc) is 2.26. The van der Waals surface area contributed by atoms with Crippen LogP contribution in [0.3, 0.4) is 0 Å². The number of halogens is 2. The maximum Gasteiger partial charge on any atom is 0.255 e. The third-order valence-electron chi connectivity index (χ3n) is 3.32. The van der Waals surface area contributed by atoms with E-state index in [1.165, 1.54) is 12.1 Å². The molecule has 0 spiro atoms. The molecule has 4 heteroatoms. The number of rotatable bonds is 1. The standard InChI is InChI=1S/C14H17BrFNO/c1-9-5-10(2)8-17(7-9)14(18)12-4-3-11(16)6-13(12)15/h3-4,6,9-10H,5,7-8H2,1-2H3. The zero-order valence-electron chi connectivity index (χ0n) is 10.6. The number of nitrogens with zero attached hydrogens (tertiary/aromatic N) is 1.